The van der Waals surface area contributed by atoms with Gasteiger partial charge in [0.05, 0.1) is 32.2 Å². The summed E-state index contributed by atoms with van der Waals surface area (Å²) in [5.41, 5.74) is 0. The van der Waals surface area contributed by atoms with Crippen LogP contribution >= 0.6 is 45.3 Å². The van der Waals surface area contributed by atoms with Gasteiger partial charge >= 0.3 is 0 Å². The SMILES string of the molecule is CCCCC(CC)CC.CCCCCCCCOc1c2cc(-c3sc(C)c4cc(C)sc34)sc2c(OCCCCCCCC)c2cc(C)sc12. The Labute approximate surface area is 321 Å². The van der Waals surface area contributed by atoms with Gasteiger partial charge in [-0.2, -0.15) is 0 Å². The van der Waals surface area contributed by atoms with Crippen molar-refractivity contribution in [2.75, 3.05) is 13.2 Å². The number of hydrogen-bond donors (Lipinski definition) is 0. The molecular formula is C44H66O2S4. The van der Waals surface area contributed by atoms with E-state index in [0.717, 1.165) is 43.5 Å². The third-order valence-corrected chi connectivity index (χ3v) is 14.7. The van der Waals surface area contributed by atoms with Crippen LogP contribution in [-0.2, 0) is 0 Å². The van der Waals surface area contributed by atoms with Crippen LogP contribution in [0.25, 0.3) is 40.0 Å². The summed E-state index contributed by atoms with van der Waals surface area (Å²) in [6.45, 7) is 19.7. The van der Waals surface area contributed by atoms with E-state index in [0.29, 0.717) is 0 Å². The molecule has 0 aliphatic heterocycles. The molecule has 0 saturated heterocycles. The highest BCUT2D eigenvalue weighted by Crippen LogP contribution is 2.53. The van der Waals surface area contributed by atoms with E-state index in [1.165, 1.54) is 151 Å². The average Bonchev–Trinajstić information content (AvgIpc) is 3.89. The molecule has 4 heterocycles. The number of unbranched alkanes of at least 4 members (excludes halogenated alkanes) is 11. The van der Waals surface area contributed by atoms with Gasteiger partial charge in [-0.25, -0.2) is 0 Å². The van der Waals surface area contributed by atoms with Gasteiger partial charge in [-0.05, 0) is 57.7 Å². The van der Waals surface area contributed by atoms with E-state index in [9.17, 15) is 0 Å². The van der Waals surface area contributed by atoms with Crippen molar-refractivity contribution in [1.29, 1.82) is 0 Å². The first-order chi connectivity index (χ1) is 24.4. The van der Waals surface area contributed by atoms with Gasteiger partial charge in [0.15, 0.2) is 0 Å². The third-order valence-electron chi connectivity index (χ3n) is 10.0. The largest absolute Gasteiger partial charge is 0.491 e. The Morgan fingerprint density at radius 1 is 0.500 bits per heavy atom. The molecule has 0 N–H and O–H groups in total. The minimum Gasteiger partial charge on any atom is -0.491 e. The van der Waals surface area contributed by atoms with Crippen molar-refractivity contribution >= 4 is 75.6 Å². The predicted octanol–water partition coefficient (Wildman–Crippen LogP) is 17.1. The molecule has 5 rings (SSSR count). The zero-order valence-electron chi connectivity index (χ0n) is 32.7. The molecule has 1 aromatic carbocycles. The maximum Gasteiger partial charge on any atom is 0.146 e. The number of hydrogen-bond acceptors (Lipinski definition) is 6. The fourth-order valence-corrected chi connectivity index (χ4v) is 11.6. The fourth-order valence-electron chi connectivity index (χ4n) is 6.89. The Hall–Kier alpha value is -1.60. The summed E-state index contributed by atoms with van der Waals surface area (Å²) in [5.74, 6) is 3.15. The first-order valence-corrected chi connectivity index (χ1v) is 23.4. The number of aryl methyl sites for hydroxylation is 3. The van der Waals surface area contributed by atoms with Crippen LogP contribution in [0.4, 0.5) is 0 Å². The van der Waals surface area contributed by atoms with Crippen LogP contribution in [0.15, 0.2) is 18.2 Å². The second kappa shape index (κ2) is 21.8. The van der Waals surface area contributed by atoms with Crippen LogP contribution in [0.5, 0.6) is 11.5 Å². The van der Waals surface area contributed by atoms with Crippen molar-refractivity contribution in [3.8, 4) is 21.3 Å². The van der Waals surface area contributed by atoms with E-state index >= 15 is 0 Å². The van der Waals surface area contributed by atoms with Crippen molar-refractivity contribution < 1.29 is 9.47 Å². The zero-order valence-corrected chi connectivity index (χ0v) is 36.0. The monoisotopic (exact) mass is 754 g/mol. The van der Waals surface area contributed by atoms with Gasteiger partial charge in [0, 0.05) is 35.7 Å². The van der Waals surface area contributed by atoms with Crippen molar-refractivity contribution in [1.82, 2.24) is 0 Å². The van der Waals surface area contributed by atoms with E-state index in [2.05, 4.69) is 73.6 Å². The standard InChI is InChI=1S/C35H46O2S4.C9H20/c1-6-8-10-12-14-16-18-36-30-27-21-24(4)38-32(27)31(37-19-17-15-13-11-9-7-2)28-22-29(41-33(28)30)35-34-26(25(5)40-35)20-23(3)39-34;1-4-7-8-9(5-2)6-3/h20-22H,6-19H2,1-5H3;9H,4-8H2,1-3H3. The summed E-state index contributed by atoms with van der Waals surface area (Å²) in [6, 6.07) is 7.08. The molecule has 0 saturated carbocycles. The lowest BCUT2D eigenvalue weighted by molar-refractivity contribution is 0.307. The molecule has 50 heavy (non-hydrogen) atoms. The summed E-state index contributed by atoms with van der Waals surface area (Å²) < 4.78 is 17.3. The topological polar surface area (TPSA) is 18.5 Å². The van der Waals surface area contributed by atoms with Gasteiger partial charge < -0.3 is 9.47 Å². The van der Waals surface area contributed by atoms with Gasteiger partial charge in [-0.15, -0.1) is 45.3 Å². The number of ether oxygens (including phenoxy) is 2. The Morgan fingerprint density at radius 2 is 0.980 bits per heavy atom. The first kappa shape index (κ1) is 41.2. The number of fused-ring (bicyclic) bond motifs is 3. The Balaban J connectivity index is 0.000000551. The molecule has 0 unspecified atom stereocenters. The van der Waals surface area contributed by atoms with E-state index in [4.69, 9.17) is 9.47 Å². The zero-order chi connectivity index (χ0) is 35.9. The molecule has 0 fully saturated rings. The van der Waals surface area contributed by atoms with Gasteiger partial charge in [0.25, 0.3) is 0 Å². The predicted molar refractivity (Wildman–Crippen MR) is 231 cm³/mol. The molecule has 4 aromatic heterocycles. The molecule has 0 spiro atoms. The van der Waals surface area contributed by atoms with E-state index in [1.807, 2.05) is 45.3 Å². The van der Waals surface area contributed by atoms with Crippen LogP contribution in [0.1, 0.15) is 158 Å². The second-order valence-electron chi connectivity index (χ2n) is 14.3. The average molecular weight is 755 g/mol. The lowest BCUT2D eigenvalue weighted by atomic mass is 9.97. The molecule has 2 nitrogen and oxygen atoms in total. The molecule has 0 aliphatic carbocycles. The summed E-state index contributed by atoms with van der Waals surface area (Å²) >= 11 is 7.61. The Kier molecular flexibility index (Phi) is 18.0. The molecular weight excluding hydrogens is 689 g/mol. The maximum absolute atomic E-state index is 6.70. The molecule has 0 bridgehead atoms. The number of thiophene rings is 4. The second-order valence-corrected chi connectivity index (χ2v) is 19.0. The lowest BCUT2D eigenvalue weighted by Gasteiger charge is -2.14. The van der Waals surface area contributed by atoms with Crippen LogP contribution < -0.4 is 9.47 Å². The van der Waals surface area contributed by atoms with Gasteiger partial charge in [-0.3, -0.25) is 0 Å². The van der Waals surface area contributed by atoms with E-state index < -0.39 is 0 Å². The number of benzene rings is 1. The first-order valence-electron chi connectivity index (χ1n) is 20.1. The van der Waals surface area contributed by atoms with Crippen molar-refractivity contribution in [2.45, 2.75) is 165 Å². The quantitative estimate of drug-likeness (QED) is 0.0655. The molecule has 278 valence electrons. The minimum absolute atomic E-state index is 0.781. The van der Waals surface area contributed by atoms with Crippen molar-refractivity contribution in [3.63, 3.8) is 0 Å². The van der Waals surface area contributed by atoms with Crippen LogP contribution in [-0.4, -0.2) is 13.2 Å². The van der Waals surface area contributed by atoms with E-state index in [-0.39, 0.29) is 0 Å². The summed E-state index contributed by atoms with van der Waals surface area (Å²) in [7, 11) is 0. The van der Waals surface area contributed by atoms with Crippen molar-refractivity contribution in [2.24, 2.45) is 5.92 Å². The fraction of sp³-hybridized carbons (Fsp3) is 0.636. The highest BCUT2D eigenvalue weighted by molar-refractivity contribution is 7.31. The van der Waals surface area contributed by atoms with E-state index in [1.54, 1.807) is 0 Å². The molecule has 6 heteroatoms. The highest BCUT2D eigenvalue weighted by atomic mass is 32.1. The Bertz CT molecular complexity index is 1620. The minimum atomic E-state index is 0.781. The molecule has 0 amide bonds. The van der Waals surface area contributed by atoms with Crippen LogP contribution in [0, 0.1) is 26.7 Å². The summed E-state index contributed by atoms with van der Waals surface area (Å²) in [6.07, 6.45) is 22.2. The number of rotatable bonds is 22. The normalized spacial score (nSPS) is 11.7. The molecule has 5 aromatic rings. The lowest BCUT2D eigenvalue weighted by Crippen LogP contribution is -2.00. The third kappa shape index (κ3) is 11.2. The summed E-state index contributed by atoms with van der Waals surface area (Å²) in [5, 5.41) is 3.88. The molecule has 0 radical (unpaired) electrons. The summed E-state index contributed by atoms with van der Waals surface area (Å²) in [4.78, 5) is 6.85. The van der Waals surface area contributed by atoms with Crippen molar-refractivity contribution in [3.05, 3.63) is 32.8 Å². The van der Waals surface area contributed by atoms with Gasteiger partial charge in [-0.1, -0.05) is 131 Å². The molecule has 0 atom stereocenters. The van der Waals surface area contributed by atoms with Crippen LogP contribution in [0.2, 0.25) is 0 Å². The smallest absolute Gasteiger partial charge is 0.146 e. The maximum atomic E-state index is 6.70. The van der Waals surface area contributed by atoms with Crippen LogP contribution in [0.3, 0.4) is 0 Å². The highest BCUT2D eigenvalue weighted by Gasteiger charge is 2.23. The van der Waals surface area contributed by atoms with Gasteiger partial charge in [0.2, 0.25) is 0 Å². The van der Waals surface area contributed by atoms with Gasteiger partial charge in [0.1, 0.15) is 11.5 Å². The Morgan fingerprint density at radius 3 is 1.54 bits per heavy atom. The molecule has 0 aliphatic rings.